The van der Waals surface area contributed by atoms with Crippen LogP contribution in [0.15, 0.2) is 47.4 Å². The lowest BCUT2D eigenvalue weighted by Gasteiger charge is -2.17. The number of anilines is 2. The van der Waals surface area contributed by atoms with Crippen molar-refractivity contribution in [3.05, 3.63) is 48.0 Å². The van der Waals surface area contributed by atoms with Gasteiger partial charge in [-0.15, -0.1) is 11.8 Å². The second-order valence-corrected chi connectivity index (χ2v) is 6.39. The molecule has 2 N–H and O–H groups in total. The predicted octanol–water partition coefficient (Wildman–Crippen LogP) is 3.01. The molecule has 6 nitrogen and oxygen atoms in total. The number of carbonyl (C=O) groups is 2. The van der Waals surface area contributed by atoms with Crippen LogP contribution in [0.3, 0.4) is 0 Å². The molecular formula is C18H18N2O4S. The number of carbonyl (C=O) groups excluding carboxylic acids is 2. The number of nitrogens with one attached hydrogen (secondary N) is 2. The van der Waals surface area contributed by atoms with Gasteiger partial charge in [0.15, 0.2) is 0 Å². The maximum absolute atomic E-state index is 12.5. The van der Waals surface area contributed by atoms with E-state index in [0.717, 1.165) is 4.90 Å². The highest BCUT2D eigenvalue weighted by atomic mass is 32.2. The molecule has 0 spiro atoms. The van der Waals surface area contributed by atoms with Crippen LogP contribution in [0, 0.1) is 0 Å². The number of thioether (sulfide) groups is 1. The Morgan fingerprint density at radius 1 is 1.24 bits per heavy atom. The van der Waals surface area contributed by atoms with Crippen LogP contribution in [0.4, 0.5) is 11.4 Å². The number of ether oxygens (including phenoxy) is 2. The van der Waals surface area contributed by atoms with Crippen molar-refractivity contribution in [1.29, 1.82) is 0 Å². The second-order valence-electron chi connectivity index (χ2n) is 5.37. The largest absolute Gasteiger partial charge is 0.491 e. The van der Waals surface area contributed by atoms with Crippen molar-refractivity contribution < 1.29 is 19.1 Å². The minimum Gasteiger partial charge on any atom is -0.491 e. The highest BCUT2D eigenvalue weighted by Crippen LogP contribution is 2.32. The number of fused-ring (bicyclic) bond motifs is 1. The Kier molecular flexibility index (Phi) is 5.57. The highest BCUT2D eigenvalue weighted by molar-refractivity contribution is 8.00. The third-order valence-electron chi connectivity index (χ3n) is 3.52. The fourth-order valence-electron chi connectivity index (χ4n) is 2.33. The molecule has 0 aliphatic carbocycles. The third-order valence-corrected chi connectivity index (χ3v) is 4.60. The van der Waals surface area contributed by atoms with Gasteiger partial charge < -0.3 is 20.1 Å². The molecule has 1 aliphatic rings. The normalized spacial score (nSPS) is 12.9. The molecule has 0 fully saturated rings. The molecule has 2 aromatic carbocycles. The Morgan fingerprint density at radius 2 is 2.12 bits per heavy atom. The lowest BCUT2D eigenvalue weighted by molar-refractivity contribution is -0.113. The van der Waals surface area contributed by atoms with Gasteiger partial charge in [-0.25, -0.2) is 0 Å². The van der Waals surface area contributed by atoms with Crippen molar-refractivity contribution in [3.63, 3.8) is 0 Å². The van der Waals surface area contributed by atoms with Crippen molar-refractivity contribution in [3.8, 4) is 5.75 Å². The van der Waals surface area contributed by atoms with E-state index in [0.29, 0.717) is 41.7 Å². The molecule has 0 atom stereocenters. The van der Waals surface area contributed by atoms with E-state index in [4.69, 9.17) is 9.47 Å². The molecule has 0 radical (unpaired) electrons. The van der Waals surface area contributed by atoms with Gasteiger partial charge in [0.25, 0.3) is 5.91 Å². The fraction of sp³-hybridized carbons (Fsp3) is 0.222. The lowest BCUT2D eigenvalue weighted by atomic mass is 10.1. The Balaban J connectivity index is 1.69. The van der Waals surface area contributed by atoms with Crippen LogP contribution in [-0.4, -0.2) is 37.9 Å². The summed E-state index contributed by atoms with van der Waals surface area (Å²) < 4.78 is 10.5. The van der Waals surface area contributed by atoms with E-state index in [1.165, 1.54) is 11.8 Å². The zero-order chi connectivity index (χ0) is 17.6. The zero-order valence-corrected chi connectivity index (χ0v) is 14.5. The lowest BCUT2D eigenvalue weighted by Crippen LogP contribution is -2.19. The summed E-state index contributed by atoms with van der Waals surface area (Å²) in [5.74, 6) is 0.746. The van der Waals surface area contributed by atoms with Crippen molar-refractivity contribution in [2.75, 3.05) is 36.7 Å². The van der Waals surface area contributed by atoms with Gasteiger partial charge in [-0.3, -0.25) is 9.59 Å². The molecule has 1 aliphatic heterocycles. The average molecular weight is 358 g/mol. The van der Waals surface area contributed by atoms with Gasteiger partial charge in [0, 0.05) is 29.3 Å². The van der Waals surface area contributed by atoms with E-state index in [2.05, 4.69) is 10.6 Å². The van der Waals surface area contributed by atoms with E-state index in [1.807, 2.05) is 18.2 Å². The minimum absolute atomic E-state index is 0.0593. The summed E-state index contributed by atoms with van der Waals surface area (Å²) in [7, 11) is 1.61. The molecule has 25 heavy (non-hydrogen) atoms. The molecule has 0 bridgehead atoms. The molecule has 2 amide bonds. The van der Waals surface area contributed by atoms with Crippen LogP contribution in [0.25, 0.3) is 0 Å². The molecule has 1 heterocycles. The number of hydrogen-bond donors (Lipinski definition) is 2. The Bertz CT molecular complexity index is 794. The van der Waals surface area contributed by atoms with Gasteiger partial charge in [-0.2, -0.15) is 0 Å². The summed E-state index contributed by atoms with van der Waals surface area (Å²) in [6, 6.07) is 12.4. The zero-order valence-electron chi connectivity index (χ0n) is 13.7. The number of benzene rings is 2. The van der Waals surface area contributed by atoms with Crippen molar-refractivity contribution in [2.24, 2.45) is 0 Å². The van der Waals surface area contributed by atoms with Gasteiger partial charge in [0.2, 0.25) is 5.91 Å². The van der Waals surface area contributed by atoms with Crippen molar-refractivity contribution in [1.82, 2.24) is 0 Å². The first-order valence-electron chi connectivity index (χ1n) is 7.75. The molecule has 7 heteroatoms. The van der Waals surface area contributed by atoms with Crippen molar-refractivity contribution in [2.45, 2.75) is 4.90 Å². The standard InChI is InChI=1S/C18H18N2O4S/c1-23-7-8-24-14-4-2-3-13(10-14)19-18(22)12-5-6-16-15(9-12)20-17(21)11-25-16/h2-6,9-10H,7-8,11H2,1H3,(H,19,22)(H,20,21). The van der Waals surface area contributed by atoms with Crippen LogP contribution in [0.1, 0.15) is 10.4 Å². The summed E-state index contributed by atoms with van der Waals surface area (Å²) in [6.07, 6.45) is 0. The van der Waals surface area contributed by atoms with E-state index in [1.54, 1.807) is 31.4 Å². The summed E-state index contributed by atoms with van der Waals surface area (Å²) in [5.41, 5.74) is 1.79. The van der Waals surface area contributed by atoms with Crippen molar-refractivity contribution >= 4 is 35.0 Å². The molecule has 3 rings (SSSR count). The summed E-state index contributed by atoms with van der Waals surface area (Å²) in [6.45, 7) is 0.936. The smallest absolute Gasteiger partial charge is 0.255 e. The Labute approximate surface area is 149 Å². The van der Waals surface area contributed by atoms with Gasteiger partial charge in [-0.1, -0.05) is 6.07 Å². The highest BCUT2D eigenvalue weighted by Gasteiger charge is 2.17. The number of methoxy groups -OCH3 is 1. The van der Waals surface area contributed by atoms with Gasteiger partial charge in [0.1, 0.15) is 12.4 Å². The van der Waals surface area contributed by atoms with Crippen LogP contribution < -0.4 is 15.4 Å². The van der Waals surface area contributed by atoms with Gasteiger partial charge >= 0.3 is 0 Å². The van der Waals surface area contributed by atoms with Crippen LogP contribution in [-0.2, 0) is 9.53 Å². The SMILES string of the molecule is COCCOc1cccc(NC(=O)c2ccc3c(c2)NC(=O)CS3)c1. The number of rotatable bonds is 6. The monoisotopic (exact) mass is 358 g/mol. The first kappa shape index (κ1) is 17.3. The van der Waals surface area contributed by atoms with Crippen LogP contribution >= 0.6 is 11.8 Å². The quantitative estimate of drug-likeness (QED) is 0.777. The molecule has 2 aromatic rings. The molecule has 130 valence electrons. The molecular weight excluding hydrogens is 340 g/mol. The predicted molar refractivity (Wildman–Crippen MR) is 97.6 cm³/mol. The average Bonchev–Trinajstić information content (AvgIpc) is 2.61. The summed E-state index contributed by atoms with van der Waals surface area (Å²) in [4.78, 5) is 24.9. The molecule has 0 aromatic heterocycles. The Hall–Kier alpha value is -2.51. The number of hydrogen-bond acceptors (Lipinski definition) is 5. The Morgan fingerprint density at radius 3 is 2.96 bits per heavy atom. The maximum atomic E-state index is 12.5. The van der Waals surface area contributed by atoms with Crippen LogP contribution in [0.5, 0.6) is 5.75 Å². The summed E-state index contributed by atoms with van der Waals surface area (Å²) in [5, 5.41) is 5.62. The van der Waals surface area contributed by atoms with E-state index in [-0.39, 0.29) is 11.8 Å². The van der Waals surface area contributed by atoms with Gasteiger partial charge in [0.05, 0.1) is 18.0 Å². The van der Waals surface area contributed by atoms with E-state index in [9.17, 15) is 9.59 Å². The van der Waals surface area contributed by atoms with Gasteiger partial charge in [-0.05, 0) is 30.3 Å². The maximum Gasteiger partial charge on any atom is 0.255 e. The molecule has 0 saturated heterocycles. The number of amides is 2. The fourth-order valence-corrected chi connectivity index (χ4v) is 3.12. The third kappa shape index (κ3) is 4.52. The van der Waals surface area contributed by atoms with Crippen LogP contribution in [0.2, 0.25) is 0 Å². The first-order chi connectivity index (χ1) is 12.2. The summed E-state index contributed by atoms with van der Waals surface area (Å²) >= 11 is 1.46. The minimum atomic E-state index is -0.248. The van der Waals surface area contributed by atoms with E-state index >= 15 is 0 Å². The van der Waals surface area contributed by atoms with E-state index < -0.39 is 0 Å². The second kappa shape index (κ2) is 8.04. The molecule has 0 unspecified atom stereocenters. The first-order valence-corrected chi connectivity index (χ1v) is 8.74. The molecule has 0 saturated carbocycles. The topological polar surface area (TPSA) is 76.7 Å².